The zero-order valence-electron chi connectivity index (χ0n) is 11.0. The predicted molar refractivity (Wildman–Crippen MR) is 77.5 cm³/mol. The van der Waals surface area contributed by atoms with Crippen LogP contribution < -0.4 is 5.32 Å². The van der Waals surface area contributed by atoms with Gasteiger partial charge < -0.3 is 15.5 Å². The highest BCUT2D eigenvalue weighted by Crippen LogP contribution is 2.20. The van der Waals surface area contributed by atoms with Gasteiger partial charge in [0.05, 0.1) is 6.10 Å². The minimum absolute atomic E-state index is 0.0474. The Labute approximate surface area is 117 Å². The molecule has 0 amide bonds. The van der Waals surface area contributed by atoms with Crippen LogP contribution in [0.15, 0.2) is 28.7 Å². The maximum atomic E-state index is 10.0. The van der Waals surface area contributed by atoms with Crippen molar-refractivity contribution in [1.82, 2.24) is 5.32 Å². The quantitative estimate of drug-likeness (QED) is 0.724. The average molecular weight is 316 g/mol. The molecule has 1 rings (SSSR count). The Hall–Kier alpha value is -0.420. The summed E-state index contributed by atoms with van der Waals surface area (Å²) in [6.07, 6.45) is 0.250. The monoisotopic (exact) mass is 315 g/mol. The molecule has 102 valence electrons. The molecule has 0 aliphatic carbocycles. The van der Waals surface area contributed by atoms with Gasteiger partial charge in [0.15, 0.2) is 0 Å². The van der Waals surface area contributed by atoms with E-state index >= 15 is 0 Å². The summed E-state index contributed by atoms with van der Waals surface area (Å²) in [6, 6.07) is 7.69. The molecule has 0 spiro atoms. The highest BCUT2D eigenvalue weighted by Gasteiger charge is 2.17. The Balaban J connectivity index is 2.40. The second-order valence-electron chi connectivity index (χ2n) is 5.34. The molecule has 18 heavy (non-hydrogen) atoms. The molecule has 0 aliphatic rings. The van der Waals surface area contributed by atoms with Crippen LogP contribution in [0.1, 0.15) is 31.9 Å². The van der Waals surface area contributed by atoms with Crippen LogP contribution in [-0.2, 0) is 0 Å². The zero-order valence-corrected chi connectivity index (χ0v) is 12.6. The van der Waals surface area contributed by atoms with Gasteiger partial charge in [-0.05, 0) is 29.5 Å². The van der Waals surface area contributed by atoms with Crippen molar-refractivity contribution in [3.8, 4) is 0 Å². The Bertz CT molecular complexity index is 369. The fourth-order valence-electron chi connectivity index (χ4n) is 1.77. The minimum atomic E-state index is -0.507. The van der Waals surface area contributed by atoms with E-state index in [1.807, 2.05) is 24.3 Å². The van der Waals surface area contributed by atoms with Gasteiger partial charge in [-0.2, -0.15) is 0 Å². The minimum Gasteiger partial charge on any atom is -0.396 e. The lowest BCUT2D eigenvalue weighted by Crippen LogP contribution is -2.32. The molecule has 0 heterocycles. The molecule has 3 nitrogen and oxygen atoms in total. The molecule has 0 aliphatic heterocycles. The van der Waals surface area contributed by atoms with E-state index in [-0.39, 0.29) is 12.0 Å². The van der Waals surface area contributed by atoms with E-state index in [0.29, 0.717) is 6.54 Å². The van der Waals surface area contributed by atoms with Crippen LogP contribution in [-0.4, -0.2) is 29.9 Å². The molecule has 0 bridgehead atoms. The van der Waals surface area contributed by atoms with E-state index in [9.17, 15) is 5.11 Å². The van der Waals surface area contributed by atoms with E-state index in [1.165, 1.54) is 0 Å². The number of rotatable bonds is 7. The first-order valence-corrected chi connectivity index (χ1v) is 6.99. The second-order valence-corrected chi connectivity index (χ2v) is 6.26. The summed E-state index contributed by atoms with van der Waals surface area (Å²) in [6.45, 7) is 5.69. The van der Waals surface area contributed by atoms with E-state index in [2.05, 4.69) is 35.1 Å². The van der Waals surface area contributed by atoms with E-state index in [4.69, 9.17) is 5.11 Å². The fraction of sp³-hybridized carbons (Fsp3) is 0.571. The standard InChI is InChI=1S/C14H22BrNO2/c1-14(2,6-7-17)10-16-9-13(18)11-4-3-5-12(15)8-11/h3-5,8,13,16-18H,6-7,9-10H2,1-2H3. The van der Waals surface area contributed by atoms with Crippen molar-refractivity contribution in [2.24, 2.45) is 5.41 Å². The SMILES string of the molecule is CC(C)(CCO)CNCC(O)c1cccc(Br)c1. The smallest absolute Gasteiger partial charge is 0.0914 e. The van der Waals surface area contributed by atoms with Gasteiger partial charge >= 0.3 is 0 Å². The average Bonchev–Trinajstić information content (AvgIpc) is 2.28. The maximum absolute atomic E-state index is 10.0. The lowest BCUT2D eigenvalue weighted by atomic mass is 9.89. The summed E-state index contributed by atoms with van der Waals surface area (Å²) in [7, 11) is 0. The van der Waals surface area contributed by atoms with Crippen molar-refractivity contribution in [2.75, 3.05) is 19.7 Å². The van der Waals surface area contributed by atoms with Gasteiger partial charge in [-0.1, -0.05) is 41.9 Å². The van der Waals surface area contributed by atoms with E-state index in [1.54, 1.807) is 0 Å². The molecule has 0 aromatic heterocycles. The first-order chi connectivity index (χ1) is 8.44. The van der Waals surface area contributed by atoms with Crippen LogP contribution in [0.25, 0.3) is 0 Å². The van der Waals surface area contributed by atoms with Crippen LogP contribution >= 0.6 is 15.9 Å². The van der Waals surface area contributed by atoms with Gasteiger partial charge in [-0.15, -0.1) is 0 Å². The van der Waals surface area contributed by atoms with E-state index in [0.717, 1.165) is 23.0 Å². The first-order valence-electron chi connectivity index (χ1n) is 6.20. The van der Waals surface area contributed by atoms with Crippen LogP contribution in [0, 0.1) is 5.41 Å². The number of hydrogen-bond acceptors (Lipinski definition) is 3. The molecule has 4 heteroatoms. The highest BCUT2D eigenvalue weighted by atomic mass is 79.9. The number of hydrogen-bond donors (Lipinski definition) is 3. The van der Waals surface area contributed by atoms with E-state index < -0.39 is 6.10 Å². The van der Waals surface area contributed by atoms with Gasteiger partial charge in [0.1, 0.15) is 0 Å². The van der Waals surface area contributed by atoms with Crippen molar-refractivity contribution in [3.63, 3.8) is 0 Å². The third-order valence-corrected chi connectivity index (χ3v) is 3.46. The van der Waals surface area contributed by atoms with Crippen LogP contribution in [0.4, 0.5) is 0 Å². The summed E-state index contributed by atoms with van der Waals surface area (Å²) in [5.74, 6) is 0. The number of aliphatic hydroxyl groups is 2. The number of aliphatic hydroxyl groups excluding tert-OH is 2. The number of nitrogens with one attached hydrogen (secondary N) is 1. The Morgan fingerprint density at radius 1 is 1.39 bits per heavy atom. The molecule has 1 unspecified atom stereocenters. The molecule has 0 radical (unpaired) electrons. The normalized spacial score (nSPS) is 13.6. The van der Waals surface area contributed by atoms with Crippen molar-refractivity contribution in [1.29, 1.82) is 0 Å². The Morgan fingerprint density at radius 3 is 2.72 bits per heavy atom. The van der Waals surface area contributed by atoms with Crippen molar-refractivity contribution in [3.05, 3.63) is 34.3 Å². The van der Waals surface area contributed by atoms with Crippen LogP contribution in [0.2, 0.25) is 0 Å². The molecule has 0 saturated heterocycles. The largest absolute Gasteiger partial charge is 0.396 e. The molecule has 3 N–H and O–H groups in total. The second kappa shape index (κ2) is 7.24. The third-order valence-electron chi connectivity index (χ3n) is 2.96. The van der Waals surface area contributed by atoms with Crippen molar-refractivity contribution < 1.29 is 10.2 Å². The predicted octanol–water partition coefficient (Wildman–Crippen LogP) is 2.48. The zero-order chi connectivity index (χ0) is 13.6. The fourth-order valence-corrected chi connectivity index (χ4v) is 2.19. The van der Waals surface area contributed by atoms with Crippen LogP contribution in [0.3, 0.4) is 0 Å². The molecule has 1 aromatic carbocycles. The molecule has 1 aromatic rings. The van der Waals surface area contributed by atoms with Gasteiger partial charge in [0.25, 0.3) is 0 Å². The van der Waals surface area contributed by atoms with Crippen LogP contribution in [0.5, 0.6) is 0 Å². The Kier molecular flexibility index (Phi) is 6.29. The number of benzene rings is 1. The van der Waals surface area contributed by atoms with Gasteiger partial charge in [0.2, 0.25) is 0 Å². The summed E-state index contributed by atoms with van der Waals surface area (Å²) >= 11 is 3.39. The summed E-state index contributed by atoms with van der Waals surface area (Å²) in [5.41, 5.74) is 0.947. The first kappa shape index (κ1) is 15.6. The lowest BCUT2D eigenvalue weighted by Gasteiger charge is -2.25. The summed E-state index contributed by atoms with van der Waals surface area (Å²) in [5, 5.41) is 22.2. The molecule has 1 atom stereocenters. The van der Waals surface area contributed by atoms with Crippen molar-refractivity contribution >= 4 is 15.9 Å². The summed E-state index contributed by atoms with van der Waals surface area (Å²) in [4.78, 5) is 0. The van der Waals surface area contributed by atoms with Gasteiger partial charge in [-0.25, -0.2) is 0 Å². The van der Waals surface area contributed by atoms with Gasteiger partial charge in [-0.3, -0.25) is 0 Å². The molecular formula is C14H22BrNO2. The maximum Gasteiger partial charge on any atom is 0.0914 e. The molecular weight excluding hydrogens is 294 g/mol. The molecule has 0 fully saturated rings. The lowest BCUT2D eigenvalue weighted by molar-refractivity contribution is 0.160. The van der Waals surface area contributed by atoms with Crippen molar-refractivity contribution in [2.45, 2.75) is 26.4 Å². The highest BCUT2D eigenvalue weighted by molar-refractivity contribution is 9.10. The molecule has 0 saturated carbocycles. The number of halogens is 1. The third kappa shape index (κ3) is 5.48. The van der Waals surface area contributed by atoms with Gasteiger partial charge in [0, 0.05) is 24.2 Å². The Morgan fingerprint density at radius 2 is 2.11 bits per heavy atom. The topological polar surface area (TPSA) is 52.5 Å². The summed E-state index contributed by atoms with van der Waals surface area (Å²) < 4.78 is 0.972.